The highest BCUT2D eigenvalue weighted by molar-refractivity contribution is 5.80. The molecule has 0 saturated carbocycles. The molecule has 0 saturated heterocycles. The third-order valence-corrected chi connectivity index (χ3v) is 2.15. The van der Waals surface area contributed by atoms with Gasteiger partial charge >= 0.3 is 5.69 Å². The predicted octanol–water partition coefficient (Wildman–Crippen LogP) is -1.95. The smallest absolute Gasteiger partial charge is 0.348 e. The molecule has 0 aliphatic heterocycles. The highest BCUT2D eigenvalue weighted by Crippen LogP contribution is 2.12. The Bertz CT molecular complexity index is 560. The number of nitrogens with one attached hydrogen (secondary N) is 1. The molecule has 0 fully saturated rings. The van der Waals surface area contributed by atoms with E-state index in [1.165, 1.54) is 10.9 Å². The average Bonchev–Trinajstić information content (AvgIpc) is 2.61. The fourth-order valence-electron chi connectivity index (χ4n) is 1.42. The molecule has 0 unspecified atom stereocenters. The Morgan fingerprint density at radius 1 is 1.62 bits per heavy atom. The molecule has 2 aromatic heterocycles. The minimum Gasteiger partial charge on any atom is -0.394 e. The molecular weight excluding hydrogens is 214 g/mol. The summed E-state index contributed by atoms with van der Waals surface area (Å²) in [5.41, 5.74) is 5.68. The highest BCUT2D eigenvalue weighted by Gasteiger charge is 2.11. The molecule has 0 radical (unpaired) electrons. The van der Waals surface area contributed by atoms with E-state index in [2.05, 4.69) is 15.0 Å². The van der Waals surface area contributed by atoms with E-state index >= 15 is 0 Å². The molecule has 16 heavy (non-hydrogen) atoms. The Morgan fingerprint density at radius 2 is 2.38 bits per heavy atom. The number of nitrogen functional groups attached to an aromatic ring is 1. The van der Waals surface area contributed by atoms with E-state index in [0.29, 0.717) is 11.2 Å². The summed E-state index contributed by atoms with van der Waals surface area (Å²) in [6, 6.07) is 0. The number of hydrogen-bond acceptors (Lipinski definition) is 6. The highest BCUT2D eigenvalue weighted by atomic mass is 16.3. The van der Waals surface area contributed by atoms with Gasteiger partial charge in [0.1, 0.15) is 11.2 Å². The molecule has 0 aromatic carbocycles. The first-order valence-electron chi connectivity index (χ1n) is 4.61. The second-order valence-electron chi connectivity index (χ2n) is 3.36. The van der Waals surface area contributed by atoms with Crippen LogP contribution >= 0.6 is 0 Å². The van der Waals surface area contributed by atoms with Crippen LogP contribution in [0.2, 0.25) is 0 Å². The van der Waals surface area contributed by atoms with Gasteiger partial charge in [0, 0.05) is 0 Å². The molecule has 8 heteroatoms. The molecule has 0 amide bonds. The van der Waals surface area contributed by atoms with Gasteiger partial charge in [0.05, 0.1) is 25.6 Å². The van der Waals surface area contributed by atoms with Gasteiger partial charge in [0.25, 0.3) is 0 Å². The van der Waals surface area contributed by atoms with E-state index in [9.17, 15) is 9.90 Å². The lowest BCUT2D eigenvalue weighted by atomic mass is 10.4. The van der Waals surface area contributed by atoms with Gasteiger partial charge in [-0.3, -0.25) is 4.98 Å². The number of aliphatic hydroxyl groups excluding tert-OH is 2. The SMILES string of the molecule is Nc1nc(=O)[nH]c2c1ncn2C[C@H](O)CO. The van der Waals surface area contributed by atoms with Gasteiger partial charge in [-0.2, -0.15) is 4.98 Å². The van der Waals surface area contributed by atoms with Gasteiger partial charge in [0.15, 0.2) is 5.82 Å². The second kappa shape index (κ2) is 3.91. The molecule has 8 nitrogen and oxygen atoms in total. The quantitative estimate of drug-likeness (QED) is 0.480. The Kier molecular flexibility index (Phi) is 2.59. The number of aromatic nitrogens is 4. The lowest BCUT2D eigenvalue weighted by molar-refractivity contribution is 0.0819. The van der Waals surface area contributed by atoms with Crippen LogP contribution in [0.3, 0.4) is 0 Å². The largest absolute Gasteiger partial charge is 0.394 e. The second-order valence-corrected chi connectivity index (χ2v) is 3.36. The van der Waals surface area contributed by atoms with E-state index in [-0.39, 0.29) is 19.0 Å². The van der Waals surface area contributed by atoms with Gasteiger partial charge in [-0.25, -0.2) is 9.78 Å². The lowest BCUT2D eigenvalue weighted by Crippen LogP contribution is -2.21. The summed E-state index contributed by atoms with van der Waals surface area (Å²) >= 11 is 0. The van der Waals surface area contributed by atoms with Crippen LogP contribution in [0.25, 0.3) is 11.2 Å². The minimum absolute atomic E-state index is 0.0380. The fraction of sp³-hybridized carbons (Fsp3) is 0.375. The fourth-order valence-corrected chi connectivity index (χ4v) is 1.42. The Labute approximate surface area is 89.4 Å². The van der Waals surface area contributed by atoms with Crippen LogP contribution < -0.4 is 11.4 Å². The van der Waals surface area contributed by atoms with Gasteiger partial charge in [-0.1, -0.05) is 0 Å². The van der Waals surface area contributed by atoms with Crippen LogP contribution in [0.4, 0.5) is 5.82 Å². The monoisotopic (exact) mass is 225 g/mol. The van der Waals surface area contributed by atoms with E-state index in [0.717, 1.165) is 0 Å². The van der Waals surface area contributed by atoms with E-state index in [1.54, 1.807) is 0 Å². The molecule has 5 N–H and O–H groups in total. The van der Waals surface area contributed by atoms with Gasteiger partial charge in [0.2, 0.25) is 0 Å². The third kappa shape index (κ3) is 1.75. The van der Waals surface area contributed by atoms with Crippen LogP contribution in [0.1, 0.15) is 0 Å². The summed E-state index contributed by atoms with van der Waals surface area (Å²) in [6.45, 7) is -0.253. The number of rotatable bonds is 3. The maximum Gasteiger partial charge on any atom is 0.348 e. The maximum atomic E-state index is 11.1. The summed E-state index contributed by atoms with van der Waals surface area (Å²) < 4.78 is 1.50. The zero-order chi connectivity index (χ0) is 11.7. The number of imidazole rings is 1. The van der Waals surface area contributed by atoms with Crippen molar-refractivity contribution in [2.24, 2.45) is 0 Å². The van der Waals surface area contributed by atoms with Crippen molar-refractivity contribution in [3.63, 3.8) is 0 Å². The third-order valence-electron chi connectivity index (χ3n) is 2.15. The number of nitrogens with two attached hydrogens (primary N) is 1. The van der Waals surface area contributed by atoms with Crippen LogP contribution in [0, 0.1) is 0 Å². The number of anilines is 1. The topological polar surface area (TPSA) is 130 Å². The standard InChI is InChI=1S/C8H11N5O3/c9-6-5-7(12-8(16)11-6)13(3-10-5)1-4(15)2-14/h3-4,14-15H,1-2H2,(H3,9,11,12,16)/t4-/m0/s1. The lowest BCUT2D eigenvalue weighted by Gasteiger charge is -2.08. The first kappa shape index (κ1) is 10.6. The molecule has 2 aromatic rings. The molecule has 2 rings (SSSR count). The Hall–Kier alpha value is -1.93. The summed E-state index contributed by atoms with van der Waals surface area (Å²) in [6.07, 6.45) is 0.493. The van der Waals surface area contributed by atoms with Crippen molar-refractivity contribution in [1.82, 2.24) is 19.5 Å². The molecule has 2 heterocycles. The summed E-state index contributed by atoms with van der Waals surface area (Å²) in [5, 5.41) is 18.0. The number of nitrogens with zero attached hydrogens (tertiary/aromatic N) is 3. The van der Waals surface area contributed by atoms with Crippen molar-refractivity contribution in [2.45, 2.75) is 12.6 Å². The van der Waals surface area contributed by atoms with Gasteiger partial charge in [-0.15, -0.1) is 0 Å². The zero-order valence-electron chi connectivity index (χ0n) is 8.29. The molecule has 1 atom stereocenters. The van der Waals surface area contributed by atoms with E-state index in [4.69, 9.17) is 10.8 Å². The number of fused-ring (bicyclic) bond motifs is 1. The van der Waals surface area contributed by atoms with E-state index in [1.807, 2.05) is 0 Å². The zero-order valence-corrected chi connectivity index (χ0v) is 8.29. The van der Waals surface area contributed by atoms with Crippen molar-refractivity contribution >= 4 is 17.0 Å². The van der Waals surface area contributed by atoms with Crippen molar-refractivity contribution in [2.75, 3.05) is 12.3 Å². The summed E-state index contributed by atoms with van der Waals surface area (Å²) in [5.74, 6) is 0.0380. The van der Waals surface area contributed by atoms with Crippen molar-refractivity contribution < 1.29 is 10.2 Å². The molecule has 0 spiro atoms. The number of H-pyrrole nitrogens is 1. The van der Waals surface area contributed by atoms with Crippen LogP contribution in [-0.4, -0.2) is 42.4 Å². The summed E-state index contributed by atoms with van der Waals surface area (Å²) in [7, 11) is 0. The molecule has 0 aliphatic carbocycles. The van der Waals surface area contributed by atoms with Crippen LogP contribution in [0.5, 0.6) is 0 Å². The summed E-state index contributed by atoms with van der Waals surface area (Å²) in [4.78, 5) is 21.0. The van der Waals surface area contributed by atoms with Gasteiger partial charge < -0.3 is 20.5 Å². The minimum atomic E-state index is -0.921. The number of hydrogen-bond donors (Lipinski definition) is 4. The average molecular weight is 225 g/mol. The predicted molar refractivity (Wildman–Crippen MR) is 55.7 cm³/mol. The van der Waals surface area contributed by atoms with Gasteiger partial charge in [-0.05, 0) is 0 Å². The molecule has 0 aliphatic rings. The van der Waals surface area contributed by atoms with Crippen molar-refractivity contribution in [3.8, 4) is 0 Å². The van der Waals surface area contributed by atoms with Crippen LogP contribution in [0.15, 0.2) is 11.1 Å². The molecule has 86 valence electrons. The van der Waals surface area contributed by atoms with Crippen molar-refractivity contribution in [3.05, 3.63) is 16.8 Å². The van der Waals surface area contributed by atoms with E-state index < -0.39 is 11.8 Å². The molecular formula is C8H11N5O3. The maximum absolute atomic E-state index is 11.1. The van der Waals surface area contributed by atoms with Crippen molar-refractivity contribution in [1.29, 1.82) is 0 Å². The molecule has 0 bridgehead atoms. The number of aliphatic hydroxyl groups is 2. The Morgan fingerprint density at radius 3 is 3.06 bits per heavy atom. The number of aromatic amines is 1. The normalized spacial score (nSPS) is 13.1. The first-order valence-corrected chi connectivity index (χ1v) is 4.61. The first-order chi connectivity index (χ1) is 7.61. The van der Waals surface area contributed by atoms with Crippen LogP contribution in [-0.2, 0) is 6.54 Å². The Balaban J connectivity index is 2.51.